The van der Waals surface area contributed by atoms with Crippen molar-refractivity contribution in [3.63, 3.8) is 0 Å². The van der Waals surface area contributed by atoms with Crippen molar-refractivity contribution in [1.29, 1.82) is 0 Å². The first-order chi connectivity index (χ1) is 15.1. The molecule has 1 heterocycles. The van der Waals surface area contributed by atoms with Gasteiger partial charge >= 0.3 is 11.9 Å². The van der Waals surface area contributed by atoms with Crippen LogP contribution in [0, 0.1) is 5.92 Å². The van der Waals surface area contributed by atoms with Crippen molar-refractivity contribution in [1.82, 2.24) is 10.2 Å². The third-order valence-electron chi connectivity index (χ3n) is 6.10. The van der Waals surface area contributed by atoms with Gasteiger partial charge < -0.3 is 15.1 Å². The lowest BCUT2D eigenvalue weighted by molar-refractivity contribution is -0.151. The van der Waals surface area contributed by atoms with E-state index in [4.69, 9.17) is 4.11 Å². The molecule has 1 amide bonds. The van der Waals surface area contributed by atoms with Crippen LogP contribution in [0.25, 0.3) is 0 Å². The zero-order valence-electron chi connectivity index (χ0n) is 19.3. The predicted molar refractivity (Wildman–Crippen MR) is 107 cm³/mol. The molecule has 5 atom stereocenters. The summed E-state index contributed by atoms with van der Waals surface area (Å²) < 4.78 is 23.7. The Kier molecular flexibility index (Phi) is 5.65. The highest BCUT2D eigenvalue weighted by atomic mass is 16.4. The molecule has 1 aromatic carbocycles. The van der Waals surface area contributed by atoms with Gasteiger partial charge in [-0.05, 0) is 50.4 Å². The molecule has 158 valence electrons. The summed E-state index contributed by atoms with van der Waals surface area (Å²) in [6, 6.07) is 4.71. The van der Waals surface area contributed by atoms with Gasteiger partial charge in [0, 0.05) is 10.2 Å². The molecule has 0 unspecified atom stereocenters. The van der Waals surface area contributed by atoms with Crippen LogP contribution < -0.4 is 5.32 Å². The lowest BCUT2D eigenvalue weighted by Gasteiger charge is -2.35. The van der Waals surface area contributed by atoms with Gasteiger partial charge in [0.2, 0.25) is 5.91 Å². The molecule has 29 heavy (non-hydrogen) atoms. The fraction of sp³-hybridized carbons (Fsp3) is 0.591. The van der Waals surface area contributed by atoms with Gasteiger partial charge in [-0.25, -0.2) is 4.79 Å². The Labute approximate surface area is 175 Å². The molecule has 7 heteroatoms. The second kappa shape index (κ2) is 9.39. The van der Waals surface area contributed by atoms with E-state index in [1.807, 2.05) is 30.3 Å². The number of likely N-dealkylation sites (tertiary alicyclic amines) is 1. The third-order valence-corrected chi connectivity index (χ3v) is 6.10. The summed E-state index contributed by atoms with van der Waals surface area (Å²) >= 11 is 0. The van der Waals surface area contributed by atoms with E-state index < -0.39 is 42.8 Å². The van der Waals surface area contributed by atoms with Crippen molar-refractivity contribution in [2.45, 2.75) is 76.0 Å². The number of fused-ring (bicyclic) bond motifs is 1. The molecule has 1 aromatic rings. The topological polar surface area (TPSA) is 107 Å². The van der Waals surface area contributed by atoms with Crippen LogP contribution in [-0.4, -0.2) is 57.1 Å². The number of aliphatic carboxylic acids is 2. The minimum absolute atomic E-state index is 0.0272. The smallest absolute Gasteiger partial charge is 0.326 e. The second-order valence-electron chi connectivity index (χ2n) is 7.96. The van der Waals surface area contributed by atoms with Gasteiger partial charge in [-0.3, -0.25) is 14.9 Å². The van der Waals surface area contributed by atoms with E-state index in [9.17, 15) is 24.6 Å². The van der Waals surface area contributed by atoms with E-state index in [1.54, 1.807) is 0 Å². The monoisotopic (exact) mass is 405 g/mol. The van der Waals surface area contributed by atoms with E-state index in [0.717, 1.165) is 24.8 Å². The molecule has 0 radical (unpaired) electrons. The van der Waals surface area contributed by atoms with E-state index >= 15 is 0 Å². The van der Waals surface area contributed by atoms with Crippen molar-refractivity contribution >= 4 is 17.8 Å². The molecule has 7 nitrogen and oxygen atoms in total. The number of amides is 1. The van der Waals surface area contributed by atoms with Crippen molar-refractivity contribution in [3.05, 3.63) is 35.9 Å². The normalized spacial score (nSPS) is 27.8. The summed E-state index contributed by atoms with van der Waals surface area (Å²) in [5.74, 6) is -3.23. The molecule has 0 aromatic heterocycles. The number of nitrogens with zero attached hydrogens (tertiary/aromatic N) is 1. The summed E-state index contributed by atoms with van der Waals surface area (Å²) in [6.07, 6.45) is 4.01. The Balaban J connectivity index is 1.81. The molecule has 2 fully saturated rings. The summed E-state index contributed by atoms with van der Waals surface area (Å²) in [5.41, 5.74) is 0.896. The van der Waals surface area contributed by atoms with Crippen molar-refractivity contribution < 1.29 is 28.7 Å². The van der Waals surface area contributed by atoms with Gasteiger partial charge in [0.1, 0.15) is 12.1 Å². The van der Waals surface area contributed by atoms with Crippen molar-refractivity contribution in [2.24, 2.45) is 5.92 Å². The zero-order chi connectivity index (χ0) is 23.5. The molecule has 2 aliphatic rings. The Morgan fingerprint density at radius 3 is 2.59 bits per heavy atom. The molecular weight excluding hydrogens is 372 g/mol. The number of carboxylic acids is 2. The minimum atomic E-state index is -2.83. The number of rotatable bonds is 8. The molecule has 0 spiro atoms. The highest BCUT2D eigenvalue weighted by Gasteiger charge is 2.48. The predicted octanol–water partition coefficient (Wildman–Crippen LogP) is 2.29. The quantitative estimate of drug-likeness (QED) is 0.613. The number of carbonyl (C=O) groups is 3. The number of carboxylic acid groups (broad SMARTS) is 2. The molecule has 0 bridgehead atoms. The standard InChI is InChI=1S/C22H30N2O5/c1-14(23-17(21(26)27)12-11-15-7-3-2-4-8-15)20(25)24-18-10-6-5-9-16(18)13-19(24)22(28)29/h2-4,7-8,14,16-19,23H,5-6,9-13H2,1H3,(H,26,27)(H,28,29)/t14-,16+,17-,18-,19-/m0/s1/i1D3. The minimum Gasteiger partial charge on any atom is -0.480 e. The second-order valence-corrected chi connectivity index (χ2v) is 7.96. The molecule has 3 rings (SSSR count). The maximum atomic E-state index is 13.4. The molecular formula is C22H30N2O5. The van der Waals surface area contributed by atoms with E-state index in [-0.39, 0.29) is 18.4 Å². The van der Waals surface area contributed by atoms with Crippen LogP contribution in [0.3, 0.4) is 0 Å². The highest BCUT2D eigenvalue weighted by Crippen LogP contribution is 2.40. The SMILES string of the molecule is [2H]C([2H])([2H])[C@H](N[C@@H](CCc1ccccc1)C(=O)O)C(=O)N1[C@H](C(=O)O)C[C@H]2CCCC[C@@H]21. The lowest BCUT2D eigenvalue weighted by Crippen LogP contribution is -2.55. The third kappa shape index (κ3) is 4.96. The number of hydrogen-bond acceptors (Lipinski definition) is 4. The number of nitrogens with one attached hydrogen (secondary N) is 1. The first-order valence-electron chi connectivity index (χ1n) is 11.7. The zero-order valence-corrected chi connectivity index (χ0v) is 16.3. The van der Waals surface area contributed by atoms with Gasteiger partial charge in [0.15, 0.2) is 0 Å². The summed E-state index contributed by atoms with van der Waals surface area (Å²) in [5, 5.41) is 21.9. The Morgan fingerprint density at radius 2 is 1.93 bits per heavy atom. The van der Waals surface area contributed by atoms with Gasteiger partial charge in [-0.2, -0.15) is 0 Å². The Morgan fingerprint density at radius 1 is 1.21 bits per heavy atom. The maximum Gasteiger partial charge on any atom is 0.326 e. The fourth-order valence-electron chi connectivity index (χ4n) is 4.65. The van der Waals surface area contributed by atoms with Crippen LogP contribution in [-0.2, 0) is 20.8 Å². The van der Waals surface area contributed by atoms with Crippen LogP contribution in [0.15, 0.2) is 30.3 Å². The lowest BCUT2D eigenvalue weighted by atomic mass is 9.84. The highest BCUT2D eigenvalue weighted by molar-refractivity contribution is 5.88. The summed E-state index contributed by atoms with van der Waals surface area (Å²) in [6.45, 7) is -2.83. The molecule has 1 aliphatic carbocycles. The van der Waals surface area contributed by atoms with E-state index in [1.165, 1.54) is 4.90 Å². The number of hydrogen-bond donors (Lipinski definition) is 3. The summed E-state index contributed by atoms with van der Waals surface area (Å²) in [4.78, 5) is 38.4. The number of benzene rings is 1. The summed E-state index contributed by atoms with van der Waals surface area (Å²) in [7, 11) is 0. The average molecular weight is 406 g/mol. The van der Waals surface area contributed by atoms with Crippen LogP contribution in [0.1, 0.15) is 55.1 Å². The Hall–Kier alpha value is -2.41. The molecule has 1 saturated heterocycles. The first kappa shape index (κ1) is 17.4. The molecule has 1 aliphatic heterocycles. The first-order valence-corrected chi connectivity index (χ1v) is 10.2. The van der Waals surface area contributed by atoms with Crippen LogP contribution in [0.2, 0.25) is 0 Å². The van der Waals surface area contributed by atoms with Gasteiger partial charge in [-0.1, -0.05) is 43.2 Å². The van der Waals surface area contributed by atoms with Crippen LogP contribution in [0.4, 0.5) is 0 Å². The number of aryl methyl sites for hydroxylation is 1. The average Bonchev–Trinajstić information content (AvgIpc) is 3.13. The van der Waals surface area contributed by atoms with E-state index in [2.05, 4.69) is 5.32 Å². The van der Waals surface area contributed by atoms with E-state index in [0.29, 0.717) is 19.3 Å². The van der Waals surface area contributed by atoms with Crippen molar-refractivity contribution in [2.75, 3.05) is 0 Å². The van der Waals surface area contributed by atoms with Gasteiger partial charge in [0.25, 0.3) is 0 Å². The van der Waals surface area contributed by atoms with Crippen LogP contribution in [0.5, 0.6) is 0 Å². The maximum absolute atomic E-state index is 13.4. The number of carbonyl (C=O) groups excluding carboxylic acids is 1. The van der Waals surface area contributed by atoms with Crippen LogP contribution >= 0.6 is 0 Å². The van der Waals surface area contributed by atoms with Gasteiger partial charge in [-0.15, -0.1) is 0 Å². The molecule has 3 N–H and O–H groups in total. The van der Waals surface area contributed by atoms with Gasteiger partial charge in [0.05, 0.1) is 6.04 Å². The largest absolute Gasteiger partial charge is 0.480 e. The Bertz CT molecular complexity index is 833. The van der Waals surface area contributed by atoms with Crippen molar-refractivity contribution in [3.8, 4) is 0 Å². The fourth-order valence-corrected chi connectivity index (χ4v) is 4.65. The molecule has 1 saturated carbocycles.